The van der Waals surface area contributed by atoms with E-state index in [1.807, 2.05) is 22.6 Å². The number of hydrogen-bond donors (Lipinski definition) is 0. The number of nitrogens with zero attached hydrogens (tertiary/aromatic N) is 3. The van der Waals surface area contributed by atoms with E-state index in [1.54, 1.807) is 0 Å². The van der Waals surface area contributed by atoms with Crippen LogP contribution in [0.5, 0.6) is 0 Å². The van der Waals surface area contributed by atoms with E-state index in [2.05, 4.69) is 90.0 Å². The predicted octanol–water partition coefficient (Wildman–Crippen LogP) is 5.58. The van der Waals surface area contributed by atoms with E-state index in [-0.39, 0.29) is 0 Å². The van der Waals surface area contributed by atoms with Gasteiger partial charge < -0.3 is 0 Å². The number of thioether (sulfide) groups is 1. The van der Waals surface area contributed by atoms with Gasteiger partial charge in [0.25, 0.3) is 0 Å². The summed E-state index contributed by atoms with van der Waals surface area (Å²) in [5, 5.41) is 9.03. The molecule has 1 heterocycles. The molecule has 0 bridgehead atoms. The second-order valence-corrected chi connectivity index (χ2v) is 7.95. The maximum absolute atomic E-state index is 4.38. The van der Waals surface area contributed by atoms with Crippen LogP contribution in [0.2, 0.25) is 0 Å². The van der Waals surface area contributed by atoms with E-state index in [0.717, 1.165) is 17.1 Å². The monoisotopic (exact) mass is 369 g/mol. The smallest absolute Gasteiger partial charge is 0.0930 e. The van der Waals surface area contributed by atoms with E-state index in [4.69, 9.17) is 0 Å². The Morgan fingerprint density at radius 2 is 1.48 bits per heavy atom. The molecule has 4 aromatic rings. The Balaban J connectivity index is 1.39. The summed E-state index contributed by atoms with van der Waals surface area (Å²) in [6.45, 7) is 2.09. The fourth-order valence-corrected chi connectivity index (χ4v) is 4.89. The van der Waals surface area contributed by atoms with Gasteiger partial charge in [-0.1, -0.05) is 71.4 Å². The third-order valence-corrected chi connectivity index (χ3v) is 6.32. The van der Waals surface area contributed by atoms with Crippen molar-refractivity contribution in [2.45, 2.75) is 17.9 Å². The first-order valence-electron chi connectivity index (χ1n) is 9.08. The summed E-state index contributed by atoms with van der Waals surface area (Å²) in [6.07, 6.45) is 2.03. The van der Waals surface area contributed by atoms with Gasteiger partial charge in [-0.15, -0.1) is 16.9 Å². The molecule has 0 amide bonds. The van der Waals surface area contributed by atoms with Crippen molar-refractivity contribution < 1.29 is 0 Å². The molecule has 0 aliphatic heterocycles. The molecule has 3 aromatic carbocycles. The number of fused-ring (bicyclic) bond motifs is 3. The first-order valence-corrected chi connectivity index (χ1v) is 10.1. The van der Waals surface area contributed by atoms with Gasteiger partial charge in [0.15, 0.2) is 0 Å². The average Bonchev–Trinajstić information content (AvgIpc) is 3.30. The molecular formula is C23H19N3S. The zero-order chi connectivity index (χ0) is 18.2. The van der Waals surface area contributed by atoms with Crippen molar-refractivity contribution in [1.82, 2.24) is 15.0 Å². The van der Waals surface area contributed by atoms with Crippen LogP contribution in [0.4, 0.5) is 0 Å². The summed E-state index contributed by atoms with van der Waals surface area (Å²) in [5.41, 5.74) is 8.80. The fourth-order valence-electron chi connectivity index (χ4n) is 3.65. The fraction of sp³-hybridized carbons (Fsp3) is 0.130. The highest BCUT2D eigenvalue weighted by molar-refractivity contribution is 7.99. The van der Waals surface area contributed by atoms with Crippen LogP contribution in [0.15, 0.2) is 79.0 Å². The molecule has 0 N–H and O–H groups in total. The van der Waals surface area contributed by atoms with Crippen LogP contribution in [0.1, 0.15) is 27.6 Å². The summed E-state index contributed by atoms with van der Waals surface area (Å²) in [4.78, 5) is 0. The van der Waals surface area contributed by atoms with Crippen molar-refractivity contribution >= 4 is 11.8 Å². The van der Waals surface area contributed by atoms with Gasteiger partial charge in [0.1, 0.15) is 0 Å². The van der Waals surface area contributed by atoms with Crippen LogP contribution in [0.25, 0.3) is 16.8 Å². The van der Waals surface area contributed by atoms with Gasteiger partial charge in [-0.25, -0.2) is 4.68 Å². The molecule has 1 aliphatic rings. The summed E-state index contributed by atoms with van der Waals surface area (Å²) in [5.74, 6) is 0.833. The SMILES string of the molecule is Cc1ccc(-n2cc(CSC3c4ccccc4-c4ccccc43)nn2)cc1. The van der Waals surface area contributed by atoms with Gasteiger partial charge in [-0.2, -0.15) is 0 Å². The molecule has 132 valence electrons. The number of rotatable bonds is 4. The van der Waals surface area contributed by atoms with E-state index >= 15 is 0 Å². The number of aryl methyl sites for hydroxylation is 1. The molecule has 0 spiro atoms. The minimum atomic E-state index is 0.349. The van der Waals surface area contributed by atoms with Gasteiger partial charge in [0, 0.05) is 5.75 Å². The second-order valence-electron chi connectivity index (χ2n) is 6.86. The van der Waals surface area contributed by atoms with Crippen molar-refractivity contribution in [2.75, 3.05) is 0 Å². The first-order chi connectivity index (χ1) is 13.3. The minimum absolute atomic E-state index is 0.349. The molecule has 1 aliphatic carbocycles. The van der Waals surface area contributed by atoms with Crippen molar-refractivity contribution in [1.29, 1.82) is 0 Å². The minimum Gasteiger partial charge on any atom is -0.220 e. The van der Waals surface area contributed by atoms with Crippen molar-refractivity contribution in [3.05, 3.63) is 101 Å². The lowest BCUT2D eigenvalue weighted by molar-refractivity contribution is 0.800. The molecule has 1 aromatic heterocycles. The Morgan fingerprint density at radius 3 is 2.15 bits per heavy atom. The molecule has 3 nitrogen and oxygen atoms in total. The molecule has 0 radical (unpaired) electrons. The summed E-state index contributed by atoms with van der Waals surface area (Å²) in [7, 11) is 0. The lowest BCUT2D eigenvalue weighted by Gasteiger charge is -2.12. The molecule has 0 atom stereocenters. The van der Waals surface area contributed by atoms with Crippen molar-refractivity contribution in [3.8, 4) is 16.8 Å². The van der Waals surface area contributed by atoms with Crippen LogP contribution >= 0.6 is 11.8 Å². The molecule has 0 saturated carbocycles. The Kier molecular flexibility index (Phi) is 4.06. The lowest BCUT2D eigenvalue weighted by atomic mass is 10.1. The molecule has 0 unspecified atom stereocenters. The lowest BCUT2D eigenvalue weighted by Crippen LogP contribution is -1.94. The molecule has 27 heavy (non-hydrogen) atoms. The Morgan fingerprint density at radius 1 is 0.852 bits per heavy atom. The Bertz CT molecular complexity index is 1050. The first kappa shape index (κ1) is 16.3. The van der Waals surface area contributed by atoms with E-state index in [1.165, 1.54) is 27.8 Å². The highest BCUT2D eigenvalue weighted by Gasteiger charge is 2.28. The third-order valence-electron chi connectivity index (χ3n) is 5.01. The molecule has 0 fully saturated rings. The second kappa shape index (κ2) is 6.71. The van der Waals surface area contributed by atoms with E-state index in [9.17, 15) is 0 Å². The van der Waals surface area contributed by atoms with Gasteiger partial charge >= 0.3 is 0 Å². The maximum Gasteiger partial charge on any atom is 0.0930 e. The normalized spacial score (nSPS) is 12.8. The number of benzene rings is 3. The summed E-state index contributed by atoms with van der Waals surface area (Å²) in [6, 6.07) is 25.8. The maximum atomic E-state index is 4.38. The third kappa shape index (κ3) is 2.96. The number of hydrogen-bond acceptors (Lipinski definition) is 3. The molecule has 0 saturated heterocycles. The molecule has 4 heteroatoms. The summed E-state index contributed by atoms with van der Waals surface area (Å²) < 4.78 is 1.85. The van der Waals surface area contributed by atoms with Crippen LogP contribution in [0.3, 0.4) is 0 Å². The summed E-state index contributed by atoms with van der Waals surface area (Å²) >= 11 is 1.92. The van der Waals surface area contributed by atoms with Crippen LogP contribution in [0, 0.1) is 6.92 Å². The quantitative estimate of drug-likeness (QED) is 0.470. The topological polar surface area (TPSA) is 30.7 Å². The van der Waals surface area contributed by atoms with Crippen molar-refractivity contribution in [2.24, 2.45) is 0 Å². The van der Waals surface area contributed by atoms with E-state index in [0.29, 0.717) is 5.25 Å². The van der Waals surface area contributed by atoms with Gasteiger partial charge in [0.2, 0.25) is 0 Å². The Labute approximate surface area is 163 Å². The predicted molar refractivity (Wildman–Crippen MR) is 111 cm³/mol. The highest BCUT2D eigenvalue weighted by Crippen LogP contribution is 2.50. The highest BCUT2D eigenvalue weighted by atomic mass is 32.2. The molecule has 5 rings (SSSR count). The zero-order valence-corrected chi connectivity index (χ0v) is 15.9. The van der Waals surface area contributed by atoms with Gasteiger partial charge in [-0.3, -0.25) is 0 Å². The van der Waals surface area contributed by atoms with Gasteiger partial charge in [-0.05, 0) is 41.3 Å². The molecular weight excluding hydrogens is 350 g/mol. The van der Waals surface area contributed by atoms with Crippen molar-refractivity contribution in [3.63, 3.8) is 0 Å². The van der Waals surface area contributed by atoms with Gasteiger partial charge in [0.05, 0.1) is 22.8 Å². The largest absolute Gasteiger partial charge is 0.220 e. The Hall–Kier alpha value is -2.85. The van der Waals surface area contributed by atoms with Crippen LogP contribution < -0.4 is 0 Å². The zero-order valence-electron chi connectivity index (χ0n) is 15.0. The van der Waals surface area contributed by atoms with Crippen LogP contribution in [-0.4, -0.2) is 15.0 Å². The standard InChI is InChI=1S/C23H19N3S/c1-16-10-12-18(13-11-16)26-14-17(24-25-26)15-27-23-21-8-4-2-6-19(21)20-7-3-5-9-22(20)23/h2-14,23H,15H2,1H3. The van der Waals surface area contributed by atoms with E-state index < -0.39 is 0 Å². The van der Waals surface area contributed by atoms with Crippen LogP contribution in [-0.2, 0) is 5.75 Å². The average molecular weight is 369 g/mol. The number of aromatic nitrogens is 3.